The molecule has 0 bridgehead atoms. The zero-order chi connectivity index (χ0) is 12.5. The smallest absolute Gasteiger partial charge is 0.236 e. The van der Waals surface area contributed by atoms with Crippen molar-refractivity contribution in [1.29, 1.82) is 5.39 Å². The molecule has 86 valence electrons. The van der Waals surface area contributed by atoms with Crippen LogP contribution in [0.5, 0.6) is 0 Å². The molecular weight excluding hydrogens is 242 g/mol. The average Bonchev–Trinajstić information content (AvgIpc) is 2.81. The highest BCUT2D eigenvalue weighted by molar-refractivity contribution is 7.21. The number of hydrogen-bond donors (Lipinski definition) is 0. The Morgan fingerprint density at radius 3 is 2.61 bits per heavy atom. The second-order valence-corrected chi connectivity index (χ2v) is 5.17. The molecule has 0 unspecified atom stereocenters. The first-order valence-electron chi connectivity index (χ1n) is 5.59. The summed E-state index contributed by atoms with van der Waals surface area (Å²) in [5.74, 6) is 0. The normalized spacial score (nSPS) is 10.4. The molecule has 1 aromatic heterocycles. The van der Waals surface area contributed by atoms with E-state index in [1.54, 1.807) is 23.5 Å². The molecule has 0 N–H and O–H groups in total. The SMILES string of the molecule is Cc1ccc2sc(-c3ccc([N+]#N)cc3)nc2c1. The Labute approximate surface area is 108 Å². The van der Waals surface area contributed by atoms with Gasteiger partial charge in [0.2, 0.25) is 5.39 Å². The fourth-order valence-corrected chi connectivity index (χ4v) is 2.78. The third-order valence-electron chi connectivity index (χ3n) is 2.77. The van der Waals surface area contributed by atoms with Crippen LogP contribution in [0.2, 0.25) is 0 Å². The lowest BCUT2D eigenvalue weighted by Gasteiger charge is -1.91. The van der Waals surface area contributed by atoms with Crippen LogP contribution >= 0.6 is 11.3 Å². The van der Waals surface area contributed by atoms with Gasteiger partial charge in [0.15, 0.2) is 4.98 Å². The average molecular weight is 252 g/mol. The lowest BCUT2D eigenvalue weighted by atomic mass is 10.2. The van der Waals surface area contributed by atoms with E-state index in [1.165, 1.54) is 10.3 Å². The maximum absolute atomic E-state index is 8.66. The summed E-state index contributed by atoms with van der Waals surface area (Å²) in [5.41, 5.74) is 3.84. The van der Waals surface area contributed by atoms with Gasteiger partial charge in [0.05, 0.1) is 10.2 Å². The number of rotatable bonds is 1. The van der Waals surface area contributed by atoms with Gasteiger partial charge in [-0.2, -0.15) is 0 Å². The van der Waals surface area contributed by atoms with Crippen molar-refractivity contribution in [1.82, 2.24) is 4.98 Å². The standard InChI is InChI=1S/C14H10N3S/c1-9-2-7-13-12(8-9)16-14(18-13)10-3-5-11(17-15)6-4-10/h2-8H,1H3/q+1. The van der Waals surface area contributed by atoms with Crippen LogP contribution in [0.25, 0.3) is 25.8 Å². The van der Waals surface area contributed by atoms with E-state index >= 15 is 0 Å². The summed E-state index contributed by atoms with van der Waals surface area (Å²) in [6, 6.07) is 13.7. The summed E-state index contributed by atoms with van der Waals surface area (Å²) in [4.78, 5) is 7.77. The largest absolute Gasteiger partial charge is 0.385 e. The van der Waals surface area contributed by atoms with E-state index in [1.807, 2.05) is 12.1 Å². The predicted molar refractivity (Wildman–Crippen MR) is 74.5 cm³/mol. The van der Waals surface area contributed by atoms with E-state index in [4.69, 9.17) is 5.39 Å². The Kier molecular flexibility index (Phi) is 2.54. The van der Waals surface area contributed by atoms with Crippen LogP contribution in [-0.4, -0.2) is 4.98 Å². The molecule has 1 heterocycles. The van der Waals surface area contributed by atoms with E-state index in [9.17, 15) is 0 Å². The van der Waals surface area contributed by atoms with Crippen LogP contribution < -0.4 is 0 Å². The highest BCUT2D eigenvalue weighted by atomic mass is 32.1. The zero-order valence-electron chi connectivity index (χ0n) is 9.79. The van der Waals surface area contributed by atoms with Gasteiger partial charge < -0.3 is 0 Å². The van der Waals surface area contributed by atoms with Crippen molar-refractivity contribution in [3.8, 4) is 10.6 Å². The molecule has 3 rings (SSSR count). The van der Waals surface area contributed by atoms with Gasteiger partial charge >= 0.3 is 5.69 Å². The topological polar surface area (TPSA) is 41.0 Å². The van der Waals surface area contributed by atoms with Crippen molar-refractivity contribution >= 4 is 27.2 Å². The first-order valence-corrected chi connectivity index (χ1v) is 6.40. The molecule has 0 fully saturated rings. The van der Waals surface area contributed by atoms with Crippen molar-refractivity contribution in [2.75, 3.05) is 0 Å². The zero-order valence-corrected chi connectivity index (χ0v) is 10.6. The van der Waals surface area contributed by atoms with Gasteiger partial charge in [-0.1, -0.05) is 6.07 Å². The van der Waals surface area contributed by atoms with E-state index in [0.717, 1.165) is 16.1 Å². The molecule has 0 saturated carbocycles. The quantitative estimate of drug-likeness (QED) is 0.586. The number of nitrogens with zero attached hydrogens (tertiary/aromatic N) is 3. The predicted octanol–water partition coefficient (Wildman–Crippen LogP) is 4.76. The lowest BCUT2D eigenvalue weighted by Crippen LogP contribution is -1.75. The van der Waals surface area contributed by atoms with Gasteiger partial charge in [0.1, 0.15) is 5.01 Å². The van der Waals surface area contributed by atoms with Gasteiger partial charge in [0.25, 0.3) is 0 Å². The molecule has 4 heteroatoms. The summed E-state index contributed by atoms with van der Waals surface area (Å²) in [6.45, 7) is 2.07. The summed E-state index contributed by atoms with van der Waals surface area (Å²) in [7, 11) is 0. The van der Waals surface area contributed by atoms with Crippen molar-refractivity contribution < 1.29 is 0 Å². The molecular formula is C14H10N3S+. The van der Waals surface area contributed by atoms with Crippen LogP contribution in [0.1, 0.15) is 5.56 Å². The summed E-state index contributed by atoms with van der Waals surface area (Å²) >= 11 is 1.67. The molecule has 0 amide bonds. The van der Waals surface area contributed by atoms with Crippen LogP contribution in [0.3, 0.4) is 0 Å². The molecule has 0 atom stereocenters. The molecule has 0 aliphatic heterocycles. The Hall–Kier alpha value is -2.25. The third kappa shape index (κ3) is 1.85. The van der Waals surface area contributed by atoms with Gasteiger partial charge in [-0.3, -0.25) is 0 Å². The number of aryl methyl sites for hydroxylation is 1. The number of diazo groups is 1. The van der Waals surface area contributed by atoms with Gasteiger partial charge in [-0.05, 0) is 36.8 Å². The van der Waals surface area contributed by atoms with Crippen molar-refractivity contribution in [2.45, 2.75) is 6.92 Å². The molecule has 18 heavy (non-hydrogen) atoms. The highest BCUT2D eigenvalue weighted by Crippen LogP contribution is 2.31. The second kappa shape index (κ2) is 4.21. The van der Waals surface area contributed by atoms with Gasteiger partial charge in [-0.15, -0.1) is 11.3 Å². The Morgan fingerprint density at radius 1 is 1.11 bits per heavy atom. The summed E-state index contributed by atoms with van der Waals surface area (Å²) in [5, 5.41) is 9.64. The third-order valence-corrected chi connectivity index (χ3v) is 3.86. The Bertz CT molecular complexity index is 751. The highest BCUT2D eigenvalue weighted by Gasteiger charge is 2.08. The van der Waals surface area contributed by atoms with Crippen LogP contribution in [0, 0.1) is 12.3 Å². The molecule has 0 aliphatic rings. The summed E-state index contributed by atoms with van der Waals surface area (Å²) in [6.07, 6.45) is 0. The molecule has 0 saturated heterocycles. The van der Waals surface area contributed by atoms with Gasteiger partial charge in [0, 0.05) is 17.7 Å². The molecule has 2 aromatic carbocycles. The minimum atomic E-state index is 0.552. The number of thiazole rings is 1. The Balaban J connectivity index is 2.10. The van der Waals surface area contributed by atoms with Crippen LogP contribution in [-0.2, 0) is 0 Å². The van der Waals surface area contributed by atoms with Gasteiger partial charge in [-0.25, -0.2) is 4.98 Å². The second-order valence-electron chi connectivity index (χ2n) is 4.14. The molecule has 0 radical (unpaired) electrons. The van der Waals surface area contributed by atoms with E-state index in [0.29, 0.717) is 5.69 Å². The minimum Gasteiger partial charge on any atom is -0.236 e. The number of hydrogen-bond acceptors (Lipinski definition) is 3. The van der Waals surface area contributed by atoms with E-state index < -0.39 is 0 Å². The number of fused-ring (bicyclic) bond motifs is 1. The first-order chi connectivity index (χ1) is 8.76. The maximum atomic E-state index is 8.66. The monoisotopic (exact) mass is 252 g/mol. The van der Waals surface area contributed by atoms with Crippen LogP contribution in [0.15, 0.2) is 42.5 Å². The minimum absolute atomic E-state index is 0.552. The fraction of sp³-hybridized carbons (Fsp3) is 0.0714. The summed E-state index contributed by atoms with van der Waals surface area (Å²) < 4.78 is 1.19. The number of benzene rings is 2. The Morgan fingerprint density at radius 2 is 1.89 bits per heavy atom. The first kappa shape index (κ1) is 10.9. The lowest BCUT2D eigenvalue weighted by molar-refractivity contribution is 1.43. The molecule has 0 spiro atoms. The van der Waals surface area contributed by atoms with E-state index in [2.05, 4.69) is 35.1 Å². The molecule has 3 nitrogen and oxygen atoms in total. The van der Waals surface area contributed by atoms with Crippen LogP contribution in [0.4, 0.5) is 5.69 Å². The fourth-order valence-electron chi connectivity index (χ4n) is 1.83. The number of aromatic nitrogens is 1. The maximum Gasteiger partial charge on any atom is 0.385 e. The van der Waals surface area contributed by atoms with E-state index in [-0.39, 0.29) is 0 Å². The molecule has 0 aliphatic carbocycles. The van der Waals surface area contributed by atoms with Crippen molar-refractivity contribution in [3.63, 3.8) is 0 Å². The molecule has 3 aromatic rings. The van der Waals surface area contributed by atoms with Crippen molar-refractivity contribution in [3.05, 3.63) is 53.0 Å². The van der Waals surface area contributed by atoms with Crippen molar-refractivity contribution in [2.24, 2.45) is 0 Å².